The number of nitrogens with zero attached hydrogens (tertiary/aromatic N) is 2. The van der Waals surface area contributed by atoms with Crippen LogP contribution in [0.5, 0.6) is 0 Å². The van der Waals surface area contributed by atoms with Crippen LogP contribution in [0, 0.1) is 10.1 Å². The van der Waals surface area contributed by atoms with Gasteiger partial charge in [0.25, 0.3) is 5.69 Å². The minimum Gasteiger partial charge on any atom is -0.347 e. The zero-order valence-corrected chi connectivity index (χ0v) is 14.1. The fourth-order valence-electron chi connectivity index (χ4n) is 3.03. The molecule has 0 fully saturated rings. The van der Waals surface area contributed by atoms with Gasteiger partial charge in [-0.2, -0.15) is 0 Å². The van der Waals surface area contributed by atoms with Gasteiger partial charge in [0.05, 0.1) is 9.82 Å². The van der Waals surface area contributed by atoms with Gasteiger partial charge in [0.2, 0.25) is 0 Å². The maximum Gasteiger partial charge on any atom is 0.283 e. The van der Waals surface area contributed by atoms with Gasteiger partial charge in [-0.1, -0.05) is 55.9 Å². The highest BCUT2D eigenvalue weighted by Crippen LogP contribution is 2.48. The van der Waals surface area contributed by atoms with Crippen molar-refractivity contribution in [3.63, 3.8) is 0 Å². The standard InChI is InChI=1S/C18H18N2O2S/c1-18(2)13-8-4-5-9-14(13)19(3)17(18)12-23-16-11-7-6-10-15(16)20(21)22/h4-12H,1-3H3. The summed E-state index contributed by atoms with van der Waals surface area (Å²) in [5.74, 6) is 0. The molecule has 3 rings (SSSR count). The number of fused-ring (bicyclic) bond motifs is 1. The molecule has 2 aromatic carbocycles. The number of anilines is 1. The molecule has 5 heteroatoms. The maximum absolute atomic E-state index is 11.1. The molecule has 0 aromatic heterocycles. The molecule has 0 aliphatic carbocycles. The third-order valence-corrected chi connectivity index (χ3v) is 5.24. The second kappa shape index (κ2) is 5.74. The molecule has 4 nitrogen and oxygen atoms in total. The van der Waals surface area contributed by atoms with Crippen LogP contribution in [0.25, 0.3) is 0 Å². The molecular weight excluding hydrogens is 308 g/mol. The van der Waals surface area contributed by atoms with Crippen LogP contribution in [-0.2, 0) is 5.41 Å². The van der Waals surface area contributed by atoms with Crippen molar-refractivity contribution in [1.82, 2.24) is 0 Å². The lowest BCUT2D eigenvalue weighted by molar-refractivity contribution is -0.387. The Bertz CT molecular complexity index is 799. The van der Waals surface area contributed by atoms with Crippen LogP contribution in [0.15, 0.2) is 64.5 Å². The van der Waals surface area contributed by atoms with E-state index in [-0.39, 0.29) is 16.0 Å². The molecular formula is C18H18N2O2S. The Balaban J connectivity index is 1.97. The molecule has 2 aromatic rings. The van der Waals surface area contributed by atoms with E-state index in [2.05, 4.69) is 30.9 Å². The molecule has 0 atom stereocenters. The largest absolute Gasteiger partial charge is 0.347 e. The topological polar surface area (TPSA) is 46.4 Å². The highest BCUT2D eigenvalue weighted by Gasteiger charge is 2.38. The van der Waals surface area contributed by atoms with Gasteiger partial charge in [-0.3, -0.25) is 10.1 Å². The molecule has 1 heterocycles. The van der Waals surface area contributed by atoms with Gasteiger partial charge in [0, 0.05) is 29.9 Å². The minimum absolute atomic E-state index is 0.123. The van der Waals surface area contributed by atoms with Gasteiger partial charge in [-0.25, -0.2) is 0 Å². The lowest BCUT2D eigenvalue weighted by Crippen LogP contribution is -2.22. The quantitative estimate of drug-likeness (QED) is 0.454. The van der Waals surface area contributed by atoms with Crippen molar-refractivity contribution in [3.8, 4) is 0 Å². The molecule has 0 N–H and O–H groups in total. The van der Waals surface area contributed by atoms with Crippen molar-refractivity contribution in [2.75, 3.05) is 11.9 Å². The van der Waals surface area contributed by atoms with Crippen LogP contribution in [0.4, 0.5) is 11.4 Å². The van der Waals surface area contributed by atoms with E-state index in [9.17, 15) is 10.1 Å². The Morgan fingerprint density at radius 1 is 1.13 bits per heavy atom. The first kappa shape index (κ1) is 15.6. The molecule has 0 spiro atoms. The number of benzene rings is 2. The number of nitro benzene ring substituents is 1. The van der Waals surface area contributed by atoms with Gasteiger partial charge < -0.3 is 4.90 Å². The van der Waals surface area contributed by atoms with E-state index >= 15 is 0 Å². The predicted octanol–water partition coefficient (Wildman–Crippen LogP) is 4.96. The highest BCUT2D eigenvalue weighted by atomic mass is 32.2. The number of hydrogen-bond acceptors (Lipinski definition) is 4. The number of hydrogen-bond donors (Lipinski definition) is 0. The van der Waals surface area contributed by atoms with E-state index in [0.717, 1.165) is 5.70 Å². The number of thioether (sulfide) groups is 1. The highest BCUT2D eigenvalue weighted by molar-refractivity contribution is 8.02. The number of para-hydroxylation sites is 2. The van der Waals surface area contributed by atoms with Crippen molar-refractivity contribution < 1.29 is 4.92 Å². The molecule has 0 amide bonds. The monoisotopic (exact) mass is 326 g/mol. The van der Waals surface area contributed by atoms with E-state index in [4.69, 9.17) is 0 Å². The van der Waals surface area contributed by atoms with E-state index in [0.29, 0.717) is 4.90 Å². The molecule has 118 valence electrons. The lowest BCUT2D eigenvalue weighted by atomic mass is 9.84. The predicted molar refractivity (Wildman–Crippen MR) is 94.9 cm³/mol. The van der Waals surface area contributed by atoms with Gasteiger partial charge in [-0.15, -0.1) is 0 Å². The van der Waals surface area contributed by atoms with Crippen LogP contribution >= 0.6 is 11.8 Å². The normalized spacial score (nSPS) is 17.3. The van der Waals surface area contributed by atoms with Crippen LogP contribution in [-0.4, -0.2) is 12.0 Å². The Kier molecular flexibility index (Phi) is 3.90. The summed E-state index contributed by atoms with van der Waals surface area (Å²) in [6.07, 6.45) is 0. The molecule has 23 heavy (non-hydrogen) atoms. The molecule has 0 saturated heterocycles. The second-order valence-corrected chi connectivity index (χ2v) is 6.96. The smallest absolute Gasteiger partial charge is 0.283 e. The Labute approximate surface area is 140 Å². The van der Waals surface area contributed by atoms with E-state index in [1.807, 2.05) is 30.7 Å². The van der Waals surface area contributed by atoms with Gasteiger partial charge >= 0.3 is 0 Å². The van der Waals surface area contributed by atoms with Gasteiger partial charge in [0.15, 0.2) is 0 Å². The fourth-order valence-corrected chi connectivity index (χ4v) is 4.15. The summed E-state index contributed by atoms with van der Waals surface area (Å²) in [5.41, 5.74) is 3.62. The summed E-state index contributed by atoms with van der Waals surface area (Å²) < 4.78 is 0. The lowest BCUT2D eigenvalue weighted by Gasteiger charge is -2.23. The minimum atomic E-state index is -0.334. The molecule has 0 unspecified atom stereocenters. The summed E-state index contributed by atoms with van der Waals surface area (Å²) in [6, 6.07) is 15.2. The first-order chi connectivity index (χ1) is 10.9. The van der Waals surface area contributed by atoms with Crippen LogP contribution < -0.4 is 4.90 Å². The van der Waals surface area contributed by atoms with Crippen molar-refractivity contribution in [3.05, 3.63) is 75.3 Å². The second-order valence-electron chi connectivity index (χ2n) is 6.05. The Morgan fingerprint density at radius 2 is 1.78 bits per heavy atom. The number of likely N-dealkylation sites (N-methyl/N-ethyl adjacent to an activating group) is 1. The summed E-state index contributed by atoms with van der Waals surface area (Å²) >= 11 is 1.40. The average molecular weight is 326 g/mol. The molecule has 0 radical (unpaired) electrons. The van der Waals surface area contributed by atoms with Crippen molar-refractivity contribution >= 4 is 23.1 Å². The number of nitro groups is 1. The van der Waals surface area contributed by atoms with Crippen molar-refractivity contribution in [2.45, 2.75) is 24.2 Å². The maximum atomic E-state index is 11.1. The van der Waals surface area contributed by atoms with Crippen LogP contribution in [0.2, 0.25) is 0 Å². The Morgan fingerprint density at radius 3 is 2.48 bits per heavy atom. The SMILES string of the molecule is CN1C(=CSc2ccccc2[N+](=O)[O-])C(C)(C)c2ccccc21. The molecule has 0 bridgehead atoms. The number of allylic oxidation sites excluding steroid dienone is 1. The molecule has 1 aliphatic rings. The van der Waals surface area contributed by atoms with E-state index in [1.54, 1.807) is 18.2 Å². The first-order valence-corrected chi connectivity index (χ1v) is 8.25. The fraction of sp³-hybridized carbons (Fsp3) is 0.222. The zero-order chi connectivity index (χ0) is 16.6. The Hall–Kier alpha value is -2.27. The average Bonchev–Trinajstić information content (AvgIpc) is 2.73. The van der Waals surface area contributed by atoms with E-state index < -0.39 is 0 Å². The van der Waals surface area contributed by atoms with Crippen molar-refractivity contribution in [1.29, 1.82) is 0 Å². The third-order valence-electron chi connectivity index (χ3n) is 4.30. The summed E-state index contributed by atoms with van der Waals surface area (Å²) in [7, 11) is 2.04. The number of rotatable bonds is 3. The van der Waals surface area contributed by atoms with Crippen LogP contribution in [0.1, 0.15) is 19.4 Å². The van der Waals surface area contributed by atoms with E-state index in [1.165, 1.54) is 23.0 Å². The first-order valence-electron chi connectivity index (χ1n) is 7.37. The third kappa shape index (κ3) is 2.61. The van der Waals surface area contributed by atoms with Gasteiger partial charge in [-0.05, 0) is 23.1 Å². The molecule has 0 saturated carbocycles. The van der Waals surface area contributed by atoms with Crippen molar-refractivity contribution in [2.24, 2.45) is 0 Å². The summed E-state index contributed by atoms with van der Waals surface area (Å²) in [5, 5.41) is 13.2. The zero-order valence-electron chi connectivity index (χ0n) is 13.3. The van der Waals surface area contributed by atoms with Crippen LogP contribution in [0.3, 0.4) is 0 Å². The van der Waals surface area contributed by atoms with Gasteiger partial charge in [0.1, 0.15) is 0 Å². The molecule has 1 aliphatic heterocycles. The summed E-state index contributed by atoms with van der Waals surface area (Å²) in [4.78, 5) is 13.6. The summed E-state index contributed by atoms with van der Waals surface area (Å²) in [6.45, 7) is 4.36.